The van der Waals surface area contributed by atoms with Crippen molar-refractivity contribution < 1.29 is 5.11 Å². The summed E-state index contributed by atoms with van der Waals surface area (Å²) in [4.78, 5) is 2.47. The summed E-state index contributed by atoms with van der Waals surface area (Å²) in [6, 6.07) is 8.58. The molecule has 3 nitrogen and oxygen atoms in total. The molecule has 1 fully saturated rings. The van der Waals surface area contributed by atoms with Crippen molar-refractivity contribution >= 4 is 0 Å². The summed E-state index contributed by atoms with van der Waals surface area (Å²) in [7, 11) is 0. The van der Waals surface area contributed by atoms with Crippen molar-refractivity contribution in [2.75, 3.05) is 32.8 Å². The molecule has 0 atom stereocenters. The van der Waals surface area contributed by atoms with Gasteiger partial charge >= 0.3 is 0 Å². The third-order valence-electron chi connectivity index (χ3n) is 3.04. The number of hydrogen-bond acceptors (Lipinski definition) is 3. The Hall–Kier alpha value is -0.900. The SMILES string of the molecule is OCCc1ccc(CN2CCNCC2)cc1. The van der Waals surface area contributed by atoms with Crippen LogP contribution in [0.2, 0.25) is 0 Å². The van der Waals surface area contributed by atoms with E-state index in [2.05, 4.69) is 34.5 Å². The summed E-state index contributed by atoms with van der Waals surface area (Å²) in [5.74, 6) is 0. The number of piperazine rings is 1. The number of nitrogens with one attached hydrogen (secondary N) is 1. The van der Waals surface area contributed by atoms with Gasteiger partial charge in [-0.25, -0.2) is 0 Å². The van der Waals surface area contributed by atoms with Crippen molar-refractivity contribution in [3.8, 4) is 0 Å². The highest BCUT2D eigenvalue weighted by molar-refractivity contribution is 5.22. The molecule has 1 aliphatic heterocycles. The zero-order valence-electron chi connectivity index (χ0n) is 9.65. The van der Waals surface area contributed by atoms with Crippen LogP contribution in [0.4, 0.5) is 0 Å². The van der Waals surface area contributed by atoms with Crippen molar-refractivity contribution in [1.82, 2.24) is 10.2 Å². The van der Waals surface area contributed by atoms with Crippen LogP contribution in [0.25, 0.3) is 0 Å². The first-order valence-electron chi connectivity index (χ1n) is 6.00. The molecule has 0 saturated carbocycles. The molecule has 2 N–H and O–H groups in total. The lowest BCUT2D eigenvalue weighted by Crippen LogP contribution is -2.42. The number of rotatable bonds is 4. The normalized spacial score (nSPS) is 17.6. The standard InChI is InChI=1S/C13H20N2O/c16-10-5-12-1-3-13(4-2-12)11-15-8-6-14-7-9-15/h1-4,14,16H,5-11H2. The Morgan fingerprint density at radius 3 is 2.31 bits per heavy atom. The van der Waals surface area contributed by atoms with E-state index in [-0.39, 0.29) is 6.61 Å². The Morgan fingerprint density at radius 2 is 1.69 bits per heavy atom. The number of nitrogens with zero attached hydrogens (tertiary/aromatic N) is 1. The van der Waals surface area contributed by atoms with E-state index in [1.165, 1.54) is 11.1 Å². The summed E-state index contributed by atoms with van der Waals surface area (Å²) < 4.78 is 0. The minimum absolute atomic E-state index is 0.233. The summed E-state index contributed by atoms with van der Waals surface area (Å²) >= 11 is 0. The number of aliphatic hydroxyl groups is 1. The molecule has 3 heteroatoms. The second-order valence-corrected chi connectivity index (χ2v) is 4.32. The molecular formula is C13H20N2O. The Balaban J connectivity index is 1.88. The average molecular weight is 220 g/mol. The van der Waals surface area contributed by atoms with Gasteiger partial charge in [0.15, 0.2) is 0 Å². The maximum Gasteiger partial charge on any atom is 0.0471 e. The van der Waals surface area contributed by atoms with Gasteiger partial charge in [0.2, 0.25) is 0 Å². The Bertz CT molecular complexity index is 304. The molecule has 0 amide bonds. The maximum absolute atomic E-state index is 8.83. The molecule has 0 aliphatic carbocycles. The molecule has 0 aromatic heterocycles. The zero-order valence-corrected chi connectivity index (χ0v) is 9.65. The molecule has 0 bridgehead atoms. The number of aliphatic hydroxyl groups excluding tert-OH is 1. The minimum atomic E-state index is 0.233. The van der Waals surface area contributed by atoms with Crippen LogP contribution in [0.1, 0.15) is 11.1 Å². The third kappa shape index (κ3) is 3.30. The second kappa shape index (κ2) is 5.99. The van der Waals surface area contributed by atoms with Crippen LogP contribution in [0.5, 0.6) is 0 Å². The zero-order chi connectivity index (χ0) is 11.2. The van der Waals surface area contributed by atoms with E-state index in [0.717, 1.165) is 39.1 Å². The highest BCUT2D eigenvalue weighted by Crippen LogP contribution is 2.08. The lowest BCUT2D eigenvalue weighted by molar-refractivity contribution is 0.233. The highest BCUT2D eigenvalue weighted by Gasteiger charge is 2.09. The van der Waals surface area contributed by atoms with Crippen LogP contribution in [0, 0.1) is 0 Å². The fraction of sp³-hybridized carbons (Fsp3) is 0.538. The Kier molecular flexibility index (Phi) is 4.34. The molecule has 0 unspecified atom stereocenters. The van der Waals surface area contributed by atoms with Crippen molar-refractivity contribution in [2.45, 2.75) is 13.0 Å². The average Bonchev–Trinajstić information content (AvgIpc) is 2.33. The van der Waals surface area contributed by atoms with Crippen LogP contribution in [-0.4, -0.2) is 42.8 Å². The van der Waals surface area contributed by atoms with Gasteiger partial charge in [0.1, 0.15) is 0 Å². The minimum Gasteiger partial charge on any atom is -0.396 e. The van der Waals surface area contributed by atoms with E-state index in [0.29, 0.717) is 0 Å². The van der Waals surface area contributed by atoms with Crippen LogP contribution in [0.3, 0.4) is 0 Å². The van der Waals surface area contributed by atoms with E-state index in [9.17, 15) is 0 Å². The Labute approximate surface area is 97.1 Å². The van der Waals surface area contributed by atoms with Gasteiger partial charge in [0.05, 0.1) is 0 Å². The molecule has 1 aliphatic rings. The fourth-order valence-corrected chi connectivity index (χ4v) is 2.07. The van der Waals surface area contributed by atoms with E-state index in [1.807, 2.05) is 0 Å². The summed E-state index contributed by atoms with van der Waals surface area (Å²) in [5.41, 5.74) is 2.58. The third-order valence-corrected chi connectivity index (χ3v) is 3.04. The first-order valence-corrected chi connectivity index (χ1v) is 6.00. The molecule has 0 spiro atoms. The smallest absolute Gasteiger partial charge is 0.0471 e. The van der Waals surface area contributed by atoms with Crippen LogP contribution < -0.4 is 5.32 Å². The van der Waals surface area contributed by atoms with E-state index >= 15 is 0 Å². The first kappa shape index (κ1) is 11.6. The van der Waals surface area contributed by atoms with Gasteiger partial charge in [-0.1, -0.05) is 24.3 Å². The van der Waals surface area contributed by atoms with Crippen LogP contribution in [0.15, 0.2) is 24.3 Å². The molecular weight excluding hydrogens is 200 g/mol. The van der Waals surface area contributed by atoms with Crippen LogP contribution >= 0.6 is 0 Å². The van der Waals surface area contributed by atoms with Gasteiger partial charge < -0.3 is 10.4 Å². The number of benzene rings is 1. The van der Waals surface area contributed by atoms with Crippen LogP contribution in [-0.2, 0) is 13.0 Å². The molecule has 1 aromatic rings. The second-order valence-electron chi connectivity index (χ2n) is 4.32. The quantitative estimate of drug-likeness (QED) is 0.781. The summed E-state index contributed by atoms with van der Waals surface area (Å²) in [6.45, 7) is 5.75. The predicted octanol–water partition coefficient (Wildman–Crippen LogP) is 0.627. The van der Waals surface area contributed by atoms with E-state index < -0.39 is 0 Å². The van der Waals surface area contributed by atoms with E-state index in [1.54, 1.807) is 0 Å². The Morgan fingerprint density at radius 1 is 1.06 bits per heavy atom. The predicted molar refractivity (Wildman–Crippen MR) is 65.4 cm³/mol. The van der Waals surface area contributed by atoms with E-state index in [4.69, 9.17) is 5.11 Å². The molecule has 16 heavy (non-hydrogen) atoms. The lowest BCUT2D eigenvalue weighted by atomic mass is 10.1. The first-order chi connectivity index (χ1) is 7.88. The van der Waals surface area contributed by atoms with Gasteiger partial charge in [0.25, 0.3) is 0 Å². The molecule has 1 heterocycles. The molecule has 0 radical (unpaired) electrons. The lowest BCUT2D eigenvalue weighted by Gasteiger charge is -2.27. The topological polar surface area (TPSA) is 35.5 Å². The van der Waals surface area contributed by atoms with Crippen molar-refractivity contribution in [3.63, 3.8) is 0 Å². The van der Waals surface area contributed by atoms with Gasteiger partial charge in [-0.15, -0.1) is 0 Å². The van der Waals surface area contributed by atoms with Crippen molar-refractivity contribution in [1.29, 1.82) is 0 Å². The number of hydrogen-bond donors (Lipinski definition) is 2. The van der Waals surface area contributed by atoms with Gasteiger partial charge in [-0.3, -0.25) is 4.90 Å². The monoisotopic (exact) mass is 220 g/mol. The molecule has 2 rings (SSSR count). The highest BCUT2D eigenvalue weighted by atomic mass is 16.2. The summed E-state index contributed by atoms with van der Waals surface area (Å²) in [5, 5.41) is 12.2. The van der Waals surface area contributed by atoms with Gasteiger partial charge in [-0.2, -0.15) is 0 Å². The maximum atomic E-state index is 8.83. The fourth-order valence-electron chi connectivity index (χ4n) is 2.07. The molecule has 1 aromatic carbocycles. The van der Waals surface area contributed by atoms with Crippen molar-refractivity contribution in [2.24, 2.45) is 0 Å². The van der Waals surface area contributed by atoms with Gasteiger partial charge in [-0.05, 0) is 17.5 Å². The van der Waals surface area contributed by atoms with Crippen molar-refractivity contribution in [3.05, 3.63) is 35.4 Å². The van der Waals surface area contributed by atoms with Gasteiger partial charge in [0, 0.05) is 39.3 Å². The largest absolute Gasteiger partial charge is 0.396 e. The summed E-state index contributed by atoms with van der Waals surface area (Å²) in [6.07, 6.45) is 0.758. The molecule has 88 valence electrons. The molecule has 1 saturated heterocycles.